The summed E-state index contributed by atoms with van der Waals surface area (Å²) in [6.07, 6.45) is 3.87. The predicted octanol–water partition coefficient (Wildman–Crippen LogP) is 10.0. The van der Waals surface area contributed by atoms with Gasteiger partial charge in [-0.05, 0) is 135 Å². The maximum Gasteiger partial charge on any atom is 0.262 e. The molecule has 0 spiro atoms. The number of primary amides is 1. The number of phenols is 1. The van der Waals surface area contributed by atoms with E-state index in [0.29, 0.717) is 40.5 Å². The number of ether oxygens (including phenoxy) is 2. The molecule has 13 nitrogen and oxygen atoms in total. The average Bonchev–Trinajstić information content (AvgIpc) is 3.32. The number of phenolic OH excluding ortho intramolecular Hbond substituents is 1. The van der Waals surface area contributed by atoms with E-state index in [1.807, 2.05) is 85.8 Å². The fourth-order valence-corrected chi connectivity index (χ4v) is 9.01. The number of aromatic hydroxyl groups is 1. The van der Waals surface area contributed by atoms with Crippen molar-refractivity contribution in [3.8, 4) is 28.4 Å². The molecule has 1 aromatic heterocycles. The van der Waals surface area contributed by atoms with E-state index in [1.165, 1.54) is 29.6 Å². The quantitative estimate of drug-likeness (QED) is 0.0188. The lowest BCUT2D eigenvalue weighted by molar-refractivity contribution is -0.118. The average molecular weight is 921 g/mol. The summed E-state index contributed by atoms with van der Waals surface area (Å²) < 4.78 is 16.4. The topological polar surface area (TPSA) is 186 Å². The van der Waals surface area contributed by atoms with Crippen LogP contribution in [0.4, 0.5) is 22.7 Å². The van der Waals surface area contributed by atoms with Crippen molar-refractivity contribution in [2.24, 2.45) is 5.73 Å². The number of hydrogen-bond donors (Lipinski definition) is 7. The van der Waals surface area contributed by atoms with Gasteiger partial charge < -0.3 is 45.8 Å². The lowest BCUT2D eigenvalue weighted by Crippen LogP contribution is -2.28. The lowest BCUT2D eigenvalue weighted by atomic mass is 10.0. The molecule has 1 aliphatic rings. The number of carbonyl (C=O) groups is 3. The third-order valence-electron chi connectivity index (χ3n) is 11.1. The van der Waals surface area contributed by atoms with E-state index in [-0.39, 0.29) is 35.4 Å². The minimum atomic E-state index is -0.601. The molecule has 2 heterocycles. The highest BCUT2D eigenvalue weighted by Crippen LogP contribution is 2.43. The lowest BCUT2D eigenvalue weighted by Gasteiger charge is -2.25. The number of carbonyl (C=O) groups excluding carboxylic acids is 3. The van der Waals surface area contributed by atoms with Gasteiger partial charge >= 0.3 is 0 Å². The van der Waals surface area contributed by atoms with Gasteiger partial charge in [-0.2, -0.15) is 0 Å². The van der Waals surface area contributed by atoms with Crippen molar-refractivity contribution in [2.75, 3.05) is 42.8 Å². The molecular weight excluding hydrogens is 873 g/mol. The number of rotatable bonds is 18. The summed E-state index contributed by atoms with van der Waals surface area (Å²) in [4.78, 5) is 44.3. The van der Waals surface area contributed by atoms with Crippen LogP contribution in [-0.4, -0.2) is 54.6 Å². The maximum absolute atomic E-state index is 13.6. The number of methoxy groups -OCH3 is 1. The minimum absolute atomic E-state index is 0.0694. The van der Waals surface area contributed by atoms with Crippen LogP contribution < -0.4 is 36.5 Å². The fraction of sp³-hybridized carbons (Fsp3) is 0.176. The van der Waals surface area contributed by atoms with Gasteiger partial charge in [-0.3, -0.25) is 19.4 Å². The first-order valence-corrected chi connectivity index (χ1v) is 22.5. The molecule has 6 aromatic carbocycles. The van der Waals surface area contributed by atoms with Crippen LogP contribution in [0.3, 0.4) is 0 Å². The van der Waals surface area contributed by atoms with Gasteiger partial charge in [0.15, 0.2) is 12.4 Å². The number of nitrogens with two attached hydrogens (primary N) is 1. The van der Waals surface area contributed by atoms with Crippen molar-refractivity contribution in [3.63, 3.8) is 0 Å². The SMILES string of the molecule is COc1cccc(Nc2c(C(N)=O)cnc3c(C)cc(Sc4cccc(C(=O)Nc5cccc(-c6ccc(CCCCNC[C@H](OS)c7ccc(O)c8c7OCC(=O)N8)cc6)c5)c4)cc23)c1. The molecule has 0 aliphatic carbocycles. The van der Waals surface area contributed by atoms with Gasteiger partial charge in [-0.1, -0.05) is 60.3 Å². The third-order valence-corrected chi connectivity index (χ3v) is 12.3. The molecule has 66 heavy (non-hydrogen) atoms. The molecule has 0 radical (unpaired) electrons. The second-order valence-corrected chi connectivity index (χ2v) is 17.1. The van der Waals surface area contributed by atoms with E-state index in [1.54, 1.807) is 19.2 Å². The van der Waals surface area contributed by atoms with Crippen LogP contribution in [-0.2, 0) is 15.4 Å². The molecule has 1 aliphatic heterocycles. The van der Waals surface area contributed by atoms with E-state index < -0.39 is 12.0 Å². The maximum atomic E-state index is 13.6. The van der Waals surface area contributed by atoms with E-state index in [0.717, 1.165) is 68.9 Å². The van der Waals surface area contributed by atoms with Gasteiger partial charge in [-0.15, -0.1) is 0 Å². The third kappa shape index (κ3) is 10.7. The summed E-state index contributed by atoms with van der Waals surface area (Å²) in [5.41, 5.74) is 14.4. The molecule has 3 amide bonds. The minimum Gasteiger partial charge on any atom is -0.506 e. The zero-order valence-electron chi connectivity index (χ0n) is 36.2. The first kappa shape index (κ1) is 45.5. The van der Waals surface area contributed by atoms with Crippen LogP contribution in [0.5, 0.6) is 17.2 Å². The largest absolute Gasteiger partial charge is 0.506 e. The second kappa shape index (κ2) is 20.9. The second-order valence-electron chi connectivity index (χ2n) is 15.7. The molecule has 7 aromatic rings. The summed E-state index contributed by atoms with van der Waals surface area (Å²) in [5.74, 6) is -0.177. The van der Waals surface area contributed by atoms with Gasteiger partial charge in [0.2, 0.25) is 0 Å². The molecule has 0 saturated carbocycles. The Balaban J connectivity index is 0.860. The molecule has 0 fully saturated rings. The van der Waals surface area contributed by atoms with Gasteiger partial charge in [0.1, 0.15) is 23.3 Å². The molecule has 0 unspecified atom stereocenters. The van der Waals surface area contributed by atoms with Crippen LogP contribution in [0.2, 0.25) is 0 Å². The summed E-state index contributed by atoms with van der Waals surface area (Å²) in [7, 11) is 1.60. The van der Waals surface area contributed by atoms with E-state index in [9.17, 15) is 19.5 Å². The Hall–Kier alpha value is -7.04. The smallest absolute Gasteiger partial charge is 0.262 e. The van der Waals surface area contributed by atoms with Crippen molar-refractivity contribution >= 4 is 76.0 Å². The number of amides is 3. The number of unbranched alkanes of at least 4 members (excludes halogenated alkanes) is 1. The van der Waals surface area contributed by atoms with Crippen LogP contribution in [0, 0.1) is 6.92 Å². The molecule has 0 bridgehead atoms. The Kier molecular flexibility index (Phi) is 14.4. The molecule has 336 valence electrons. The molecule has 15 heteroatoms. The monoisotopic (exact) mass is 920 g/mol. The van der Waals surface area contributed by atoms with Crippen LogP contribution in [0.1, 0.15) is 56.4 Å². The fourth-order valence-electron chi connectivity index (χ4n) is 7.80. The predicted molar refractivity (Wildman–Crippen MR) is 263 cm³/mol. The van der Waals surface area contributed by atoms with Gasteiger partial charge in [-0.25, -0.2) is 0 Å². The highest BCUT2D eigenvalue weighted by Gasteiger charge is 2.27. The number of aromatic nitrogens is 1. The molecule has 1 atom stereocenters. The summed E-state index contributed by atoms with van der Waals surface area (Å²) >= 11 is 5.57. The standard InChI is InChI=1S/C51H48N6O7S2/c1-30-22-39(26-41-46(30)54-27-42(50(52)60)47(41)55-36-12-7-13-37(25-36)62-2)66-38-14-6-10-34(24-38)51(61)56-35-11-5-9-33(23-35)32-17-15-31(16-18-32)8-3-4-21-53-28-44(64-65)40-19-20-43(58)48-49(40)63-29-45(59)57-48/h5-7,9-20,22-27,44,53,58,65H,3-4,8,21,28-29H2,1-2H3,(H2,52,60)(H,54,55)(H,56,61)(H,57,59)/t44-/m0/s1. The van der Waals surface area contributed by atoms with Crippen molar-refractivity contribution in [2.45, 2.75) is 42.1 Å². The number of pyridine rings is 1. The Bertz CT molecular complexity index is 2930. The number of thiol groups is 1. The zero-order chi connectivity index (χ0) is 46.2. The van der Waals surface area contributed by atoms with Gasteiger partial charge in [0.25, 0.3) is 17.7 Å². The summed E-state index contributed by atoms with van der Waals surface area (Å²) in [6, 6.07) is 38.4. The highest BCUT2D eigenvalue weighted by atomic mass is 32.2. The van der Waals surface area contributed by atoms with Crippen molar-refractivity contribution in [1.29, 1.82) is 0 Å². The van der Waals surface area contributed by atoms with Crippen molar-refractivity contribution < 1.29 is 33.1 Å². The van der Waals surface area contributed by atoms with E-state index >= 15 is 0 Å². The number of anilines is 4. The van der Waals surface area contributed by atoms with Crippen LogP contribution in [0.25, 0.3) is 22.0 Å². The number of aryl methyl sites for hydroxylation is 2. The van der Waals surface area contributed by atoms with Crippen LogP contribution in [0.15, 0.2) is 137 Å². The number of fused-ring (bicyclic) bond motifs is 2. The van der Waals surface area contributed by atoms with Gasteiger partial charge in [0.05, 0.1) is 23.9 Å². The van der Waals surface area contributed by atoms with Gasteiger partial charge in [0, 0.05) is 56.5 Å². The zero-order valence-corrected chi connectivity index (χ0v) is 37.9. The Labute approximate surface area is 392 Å². The number of nitrogens with one attached hydrogen (secondary N) is 4. The normalized spacial score (nSPS) is 12.4. The van der Waals surface area contributed by atoms with E-state index in [4.69, 9.17) is 19.4 Å². The number of benzene rings is 6. The molecule has 8 rings (SSSR count). The Morgan fingerprint density at radius 1 is 0.924 bits per heavy atom. The van der Waals surface area contributed by atoms with E-state index in [2.05, 4.69) is 63.4 Å². The summed E-state index contributed by atoms with van der Waals surface area (Å²) in [6.45, 7) is 3.07. The van der Waals surface area contributed by atoms with Crippen molar-refractivity contribution in [1.82, 2.24) is 10.3 Å². The molecular formula is C51H48N6O7S2. The first-order valence-electron chi connectivity index (χ1n) is 21.3. The number of nitrogens with zero attached hydrogens (tertiary/aromatic N) is 1. The molecule has 0 saturated heterocycles. The number of hydrogen-bond acceptors (Lipinski definition) is 12. The van der Waals surface area contributed by atoms with Crippen molar-refractivity contribution in [3.05, 3.63) is 155 Å². The van der Waals surface area contributed by atoms with Crippen LogP contribution >= 0.6 is 24.7 Å². The summed E-state index contributed by atoms with van der Waals surface area (Å²) in [5, 5.41) is 23.4. The first-order chi connectivity index (χ1) is 32.1. The Morgan fingerprint density at radius 2 is 1.73 bits per heavy atom. The molecule has 7 N–H and O–H groups in total. The highest BCUT2D eigenvalue weighted by molar-refractivity contribution is 7.99. The Morgan fingerprint density at radius 3 is 2.53 bits per heavy atom.